The van der Waals surface area contributed by atoms with Crippen LogP contribution in [0.3, 0.4) is 0 Å². The molecule has 0 aliphatic carbocycles. The van der Waals surface area contributed by atoms with E-state index in [1.54, 1.807) is 6.92 Å². The van der Waals surface area contributed by atoms with Crippen molar-refractivity contribution in [1.82, 2.24) is 10.6 Å². The van der Waals surface area contributed by atoms with Gasteiger partial charge in [0.15, 0.2) is 6.61 Å². The Kier molecular flexibility index (Phi) is 4.95. The van der Waals surface area contributed by atoms with Gasteiger partial charge in [0.05, 0.1) is 6.54 Å². The summed E-state index contributed by atoms with van der Waals surface area (Å²) in [4.78, 5) is 34.4. The van der Waals surface area contributed by atoms with E-state index in [4.69, 9.17) is 9.15 Å². The smallest absolute Gasteiger partial charge is 0.375 e. The molecule has 2 amide bonds. The molecule has 1 heterocycles. The number of rotatable bonds is 5. The lowest BCUT2D eigenvalue weighted by Crippen LogP contribution is -2.37. The van der Waals surface area contributed by atoms with E-state index >= 15 is 0 Å². The average Bonchev–Trinajstić information content (AvgIpc) is 2.87. The van der Waals surface area contributed by atoms with Crippen LogP contribution in [-0.2, 0) is 14.3 Å². The number of likely N-dealkylation sites (N-methyl/N-ethyl adjacent to an activating group) is 1. The van der Waals surface area contributed by atoms with Crippen molar-refractivity contribution in [3.05, 3.63) is 35.3 Å². The summed E-state index contributed by atoms with van der Waals surface area (Å²) in [6.45, 7) is 0.823. The zero-order valence-electron chi connectivity index (χ0n) is 12.6. The minimum atomic E-state index is -0.839. The van der Waals surface area contributed by atoms with Gasteiger partial charge in [0.2, 0.25) is 11.7 Å². The monoisotopic (exact) mass is 322 g/mol. The van der Waals surface area contributed by atoms with E-state index in [9.17, 15) is 18.8 Å². The van der Waals surface area contributed by atoms with E-state index in [2.05, 4.69) is 10.6 Å². The normalized spacial score (nSPS) is 10.4. The Morgan fingerprint density at radius 3 is 2.70 bits per heavy atom. The third kappa shape index (κ3) is 3.85. The highest BCUT2D eigenvalue weighted by atomic mass is 19.1. The first kappa shape index (κ1) is 16.5. The SMILES string of the molecule is CNC(=O)CNC(=O)COC(=O)c1oc2ccc(F)cc2c1C. The first-order valence-electron chi connectivity index (χ1n) is 6.75. The number of carbonyl (C=O) groups excluding carboxylic acids is 3. The highest BCUT2D eigenvalue weighted by Crippen LogP contribution is 2.26. The lowest BCUT2D eigenvalue weighted by Gasteiger charge is -2.05. The number of hydrogen-bond acceptors (Lipinski definition) is 5. The molecule has 0 aliphatic heterocycles. The number of benzene rings is 1. The standard InChI is InChI=1S/C15H15FN2O5/c1-8-10-5-9(16)3-4-11(10)23-14(8)15(21)22-7-13(20)18-6-12(19)17-2/h3-5H,6-7H2,1-2H3,(H,17,19)(H,18,20). The molecule has 2 aromatic rings. The summed E-state index contributed by atoms with van der Waals surface area (Å²) in [5, 5.41) is 5.07. The lowest BCUT2D eigenvalue weighted by molar-refractivity contribution is -0.127. The number of aryl methyl sites for hydroxylation is 1. The molecule has 8 heteroatoms. The zero-order valence-corrected chi connectivity index (χ0v) is 12.6. The van der Waals surface area contributed by atoms with Crippen molar-refractivity contribution in [2.45, 2.75) is 6.92 Å². The van der Waals surface area contributed by atoms with E-state index < -0.39 is 24.3 Å². The molecule has 0 saturated heterocycles. The van der Waals surface area contributed by atoms with Gasteiger partial charge < -0.3 is 19.8 Å². The maximum absolute atomic E-state index is 13.2. The van der Waals surface area contributed by atoms with Gasteiger partial charge in [-0.05, 0) is 25.1 Å². The van der Waals surface area contributed by atoms with Crippen molar-refractivity contribution in [2.24, 2.45) is 0 Å². The summed E-state index contributed by atoms with van der Waals surface area (Å²) < 4.78 is 23.4. The molecule has 0 spiro atoms. The average molecular weight is 322 g/mol. The lowest BCUT2D eigenvalue weighted by atomic mass is 10.1. The summed E-state index contributed by atoms with van der Waals surface area (Å²) >= 11 is 0. The van der Waals surface area contributed by atoms with E-state index in [0.717, 1.165) is 0 Å². The van der Waals surface area contributed by atoms with Gasteiger partial charge in [-0.3, -0.25) is 9.59 Å². The molecular formula is C15H15FN2O5. The van der Waals surface area contributed by atoms with Crippen molar-refractivity contribution < 1.29 is 27.9 Å². The van der Waals surface area contributed by atoms with E-state index in [0.29, 0.717) is 16.5 Å². The number of halogens is 1. The predicted molar refractivity (Wildman–Crippen MR) is 78.3 cm³/mol. The van der Waals surface area contributed by atoms with Crippen LogP contribution in [0.1, 0.15) is 16.1 Å². The first-order valence-corrected chi connectivity index (χ1v) is 6.75. The molecule has 0 atom stereocenters. The van der Waals surface area contributed by atoms with Gasteiger partial charge in [-0.25, -0.2) is 9.18 Å². The molecule has 122 valence electrons. The number of amides is 2. The van der Waals surface area contributed by atoms with Crippen LogP contribution in [0.4, 0.5) is 4.39 Å². The van der Waals surface area contributed by atoms with Crippen molar-refractivity contribution in [2.75, 3.05) is 20.2 Å². The molecule has 0 aliphatic rings. The summed E-state index contributed by atoms with van der Waals surface area (Å²) in [5.41, 5.74) is 0.773. The topological polar surface area (TPSA) is 97.6 Å². The molecular weight excluding hydrogens is 307 g/mol. The Hall–Kier alpha value is -2.90. The van der Waals surface area contributed by atoms with Gasteiger partial charge in [-0.15, -0.1) is 0 Å². The molecule has 0 fully saturated rings. The van der Waals surface area contributed by atoms with Crippen LogP contribution in [0.5, 0.6) is 0 Å². The second kappa shape index (κ2) is 6.91. The Bertz CT molecular complexity index is 769. The zero-order chi connectivity index (χ0) is 17.0. The molecule has 0 bridgehead atoms. The number of esters is 1. The number of hydrogen-bond donors (Lipinski definition) is 2. The van der Waals surface area contributed by atoms with Gasteiger partial charge in [-0.1, -0.05) is 0 Å². The van der Waals surface area contributed by atoms with Crippen LogP contribution in [0, 0.1) is 12.7 Å². The number of furan rings is 1. The molecule has 0 unspecified atom stereocenters. The molecule has 1 aromatic heterocycles. The number of carbonyl (C=O) groups is 3. The third-order valence-corrected chi connectivity index (χ3v) is 3.14. The van der Waals surface area contributed by atoms with Crippen molar-refractivity contribution in [3.8, 4) is 0 Å². The quantitative estimate of drug-likeness (QED) is 0.797. The van der Waals surface area contributed by atoms with Crippen molar-refractivity contribution in [1.29, 1.82) is 0 Å². The predicted octanol–water partition coefficient (Wildman–Crippen LogP) is 0.899. The Labute approximate surface area is 130 Å². The van der Waals surface area contributed by atoms with Gasteiger partial charge in [0.1, 0.15) is 11.4 Å². The molecule has 23 heavy (non-hydrogen) atoms. The Morgan fingerprint density at radius 2 is 2.00 bits per heavy atom. The van der Waals surface area contributed by atoms with Crippen LogP contribution in [0.15, 0.2) is 22.6 Å². The minimum absolute atomic E-state index is 0.0929. The van der Waals surface area contributed by atoms with Crippen molar-refractivity contribution in [3.63, 3.8) is 0 Å². The van der Waals surface area contributed by atoms with Gasteiger partial charge >= 0.3 is 5.97 Å². The molecule has 2 rings (SSSR count). The van der Waals surface area contributed by atoms with Crippen LogP contribution >= 0.6 is 0 Å². The maximum Gasteiger partial charge on any atom is 0.375 e. The summed E-state index contributed by atoms with van der Waals surface area (Å²) in [6.07, 6.45) is 0. The number of ether oxygens (including phenoxy) is 1. The van der Waals surface area contributed by atoms with Gasteiger partial charge in [0.25, 0.3) is 5.91 Å². The van der Waals surface area contributed by atoms with E-state index in [1.807, 2.05) is 0 Å². The maximum atomic E-state index is 13.2. The van der Waals surface area contributed by atoms with Gasteiger partial charge in [-0.2, -0.15) is 0 Å². The Morgan fingerprint density at radius 1 is 1.26 bits per heavy atom. The van der Waals surface area contributed by atoms with Crippen LogP contribution < -0.4 is 10.6 Å². The molecule has 0 saturated carbocycles. The van der Waals surface area contributed by atoms with Gasteiger partial charge in [0, 0.05) is 18.0 Å². The number of nitrogens with one attached hydrogen (secondary N) is 2. The molecule has 0 radical (unpaired) electrons. The van der Waals surface area contributed by atoms with Crippen LogP contribution in [0.25, 0.3) is 11.0 Å². The highest BCUT2D eigenvalue weighted by Gasteiger charge is 2.20. The fourth-order valence-corrected chi connectivity index (χ4v) is 1.90. The van der Waals surface area contributed by atoms with Crippen LogP contribution in [-0.4, -0.2) is 38.0 Å². The van der Waals surface area contributed by atoms with Crippen molar-refractivity contribution >= 4 is 28.8 Å². The Balaban J connectivity index is 2.00. The minimum Gasteiger partial charge on any atom is -0.450 e. The van der Waals surface area contributed by atoms with Crippen LogP contribution in [0.2, 0.25) is 0 Å². The molecule has 2 N–H and O–H groups in total. The first-order chi connectivity index (χ1) is 10.9. The fraction of sp³-hybridized carbons (Fsp3) is 0.267. The third-order valence-electron chi connectivity index (χ3n) is 3.14. The fourth-order valence-electron chi connectivity index (χ4n) is 1.90. The summed E-state index contributed by atoms with van der Waals surface area (Å²) in [7, 11) is 1.43. The van der Waals surface area contributed by atoms with E-state index in [1.165, 1.54) is 25.2 Å². The molecule has 7 nitrogen and oxygen atoms in total. The second-order valence-electron chi connectivity index (χ2n) is 4.72. The molecule has 1 aromatic carbocycles. The summed E-state index contributed by atoms with van der Waals surface area (Å²) in [5.74, 6) is -2.38. The second-order valence-corrected chi connectivity index (χ2v) is 4.72. The largest absolute Gasteiger partial charge is 0.450 e. The highest BCUT2D eigenvalue weighted by molar-refractivity contribution is 5.96. The van der Waals surface area contributed by atoms with E-state index in [-0.39, 0.29) is 18.2 Å². The number of fused-ring (bicyclic) bond motifs is 1. The summed E-state index contributed by atoms with van der Waals surface area (Å²) in [6, 6.07) is 3.87.